The Bertz CT molecular complexity index is 3570. The Balaban J connectivity index is 0.979. The van der Waals surface area contributed by atoms with E-state index in [2.05, 4.69) is 70.5 Å². The van der Waals surface area contributed by atoms with Crippen molar-refractivity contribution in [2.75, 3.05) is 66.1 Å². The number of benzene rings is 3. The smallest absolute Gasteiger partial charge is 0.354 e. The van der Waals surface area contributed by atoms with Gasteiger partial charge in [0.25, 0.3) is 11.8 Å². The second-order valence-electron chi connectivity index (χ2n) is 19.3. The van der Waals surface area contributed by atoms with E-state index in [0.717, 1.165) is 16.0 Å². The Morgan fingerprint density at radius 3 is 1.27 bits per heavy atom. The fraction of sp³-hybridized carbons (Fsp3) is 0.254. The molecule has 2 aliphatic heterocycles. The summed E-state index contributed by atoms with van der Waals surface area (Å²) in [6.07, 6.45) is 2.87. The van der Waals surface area contributed by atoms with E-state index in [-0.39, 0.29) is 55.6 Å². The average molecular weight is 1100 g/mol. The van der Waals surface area contributed by atoms with Crippen molar-refractivity contribution >= 4 is 35.6 Å². The van der Waals surface area contributed by atoms with Gasteiger partial charge < -0.3 is 30.1 Å². The molecule has 0 bridgehead atoms. The number of carboxylic acids is 3. The maximum Gasteiger partial charge on any atom is 0.354 e. The molecule has 1 saturated heterocycles. The summed E-state index contributed by atoms with van der Waals surface area (Å²) < 4.78 is 11.1. The van der Waals surface area contributed by atoms with E-state index in [4.69, 9.17) is 9.47 Å². The number of hydrogen-bond donors (Lipinski definition) is 4. The summed E-state index contributed by atoms with van der Waals surface area (Å²) in [7, 11) is 1.58. The van der Waals surface area contributed by atoms with Crippen LogP contribution < -0.4 is 14.8 Å². The minimum atomic E-state index is -1.22. The number of nitrogens with zero attached hydrogens (tertiary/aromatic N) is 7. The van der Waals surface area contributed by atoms with E-state index in [1.165, 1.54) is 30.4 Å². The second-order valence-corrected chi connectivity index (χ2v) is 19.3. The number of nitrogens with one attached hydrogen (secondary N) is 1. The highest BCUT2D eigenvalue weighted by atomic mass is 16.5. The molecule has 3 aromatic heterocycles. The molecule has 1 fully saturated rings. The number of pyridine rings is 3. The molecule has 0 saturated carbocycles. The number of hydrogen-bond acceptors (Lipinski definition) is 14. The van der Waals surface area contributed by atoms with Gasteiger partial charge in [0.05, 0.1) is 30.8 Å². The summed E-state index contributed by atoms with van der Waals surface area (Å²) in [4.78, 5) is 93.9. The van der Waals surface area contributed by atoms with Crippen molar-refractivity contribution < 1.29 is 53.6 Å². The van der Waals surface area contributed by atoms with Gasteiger partial charge in [-0.2, -0.15) is 0 Å². The molecule has 0 atom stereocenters. The number of amides is 3. The Labute approximate surface area is 474 Å². The molecule has 2 aliphatic rings. The maximum absolute atomic E-state index is 12.5. The number of rotatable bonds is 18. The third-order valence-corrected chi connectivity index (χ3v) is 13.1. The number of aryl methyl sites for hydroxylation is 1. The topological polar surface area (TPSA) is 245 Å². The lowest BCUT2D eigenvalue weighted by molar-refractivity contribution is -0.137. The largest absolute Gasteiger partial charge is 0.497 e. The molecule has 416 valence electrons. The maximum atomic E-state index is 12.5. The number of aromatic nitrogens is 3. The SMILES string of the molecule is COc1ccc(C#Cc2cc(CN3CCN(Cc4cc(C#Cc5ccc(C)cc5)cc(C(=O)O)n4)CCN(Cc4cc(C#Cc5ccc(OCCCNC(=O)CCN6C(=O)C=CC6=O)cc5)cc(C(=O)O)n4)CC3)nc(C(=O)O)c2)cc1. The van der Waals surface area contributed by atoms with Crippen molar-refractivity contribution in [1.82, 2.24) is 39.9 Å². The van der Waals surface area contributed by atoms with Crippen LogP contribution in [0.1, 0.15) is 100 Å². The summed E-state index contributed by atoms with van der Waals surface area (Å²) >= 11 is 0. The van der Waals surface area contributed by atoms with Crippen molar-refractivity contribution in [3.8, 4) is 47.0 Å². The molecule has 3 aromatic carbocycles. The Morgan fingerprint density at radius 2 is 0.890 bits per heavy atom. The molecule has 3 amide bonds. The zero-order valence-corrected chi connectivity index (χ0v) is 45.2. The highest BCUT2D eigenvalue weighted by Gasteiger charge is 2.24. The Kier molecular flexibility index (Phi) is 20.1. The summed E-state index contributed by atoms with van der Waals surface area (Å²) in [5, 5.41) is 33.2. The lowest BCUT2D eigenvalue weighted by atomic mass is 10.1. The van der Waals surface area contributed by atoms with Gasteiger partial charge in [-0.05, 0) is 110 Å². The van der Waals surface area contributed by atoms with Crippen LogP contribution in [0.15, 0.2) is 121 Å². The number of carbonyl (C=O) groups excluding carboxylic acids is 3. The number of methoxy groups -OCH3 is 1. The summed E-state index contributed by atoms with van der Waals surface area (Å²) in [6, 6.07) is 31.6. The molecular weight excluding hydrogens is 1040 g/mol. The van der Waals surface area contributed by atoms with E-state index >= 15 is 0 Å². The number of aromatic carboxylic acids is 3. The van der Waals surface area contributed by atoms with E-state index < -0.39 is 29.7 Å². The van der Waals surface area contributed by atoms with E-state index in [0.29, 0.717) is 115 Å². The standard InChI is InChI=1S/C63H58N8O11/c1-43-4-6-44(7-5-43)8-11-47-34-50(65-55(37-47)61(75)76)40-68-27-29-69(41-51-35-48(38-56(66-51)62(77)78)12-9-45-14-18-53(81-2)19-15-45)31-32-70(30-28-68)42-52-36-49(39-57(67-52)63(79)80)13-10-46-16-20-54(21-17-46)82-33-3-25-64-58(72)24-26-71-59(73)22-23-60(71)74/h4-7,14-23,34-39H,3,24-33,40-42H2,1-2H3,(H,64,72)(H,75,76)(H,77,78)(H,79,80). The predicted molar refractivity (Wildman–Crippen MR) is 302 cm³/mol. The highest BCUT2D eigenvalue weighted by molar-refractivity contribution is 6.13. The lowest BCUT2D eigenvalue weighted by Crippen LogP contribution is -2.36. The number of imide groups is 1. The molecule has 0 aliphatic carbocycles. The predicted octanol–water partition coefficient (Wildman–Crippen LogP) is 5.50. The molecular formula is C63H58N8O11. The lowest BCUT2D eigenvalue weighted by Gasteiger charge is -2.25. The molecule has 5 heterocycles. The second kappa shape index (κ2) is 28.3. The number of carbonyl (C=O) groups is 6. The van der Waals surface area contributed by atoms with Crippen LogP contribution in [-0.4, -0.2) is 152 Å². The zero-order chi connectivity index (χ0) is 58.0. The molecule has 4 N–H and O–H groups in total. The average Bonchev–Trinajstić information content (AvgIpc) is 3.83. The Morgan fingerprint density at radius 1 is 0.524 bits per heavy atom. The third kappa shape index (κ3) is 17.5. The fourth-order valence-electron chi connectivity index (χ4n) is 8.72. The quantitative estimate of drug-likeness (QED) is 0.0471. The molecule has 82 heavy (non-hydrogen) atoms. The number of ether oxygens (including phenoxy) is 2. The normalized spacial score (nSPS) is 13.7. The molecule has 0 spiro atoms. The van der Waals surface area contributed by atoms with Crippen molar-refractivity contribution in [3.63, 3.8) is 0 Å². The molecule has 6 aromatic rings. The van der Waals surface area contributed by atoms with Crippen LogP contribution in [0.2, 0.25) is 0 Å². The first kappa shape index (κ1) is 58.2. The van der Waals surface area contributed by atoms with E-state index in [1.807, 2.05) is 43.3 Å². The van der Waals surface area contributed by atoms with E-state index in [9.17, 15) is 44.1 Å². The number of carboxylic acid groups (broad SMARTS) is 3. The summed E-state index contributed by atoms with van der Waals surface area (Å²) in [5.41, 5.74) is 5.64. The van der Waals surface area contributed by atoms with Gasteiger partial charge in [-0.3, -0.25) is 34.0 Å². The molecule has 19 nitrogen and oxygen atoms in total. The van der Waals surface area contributed by atoms with Crippen LogP contribution >= 0.6 is 0 Å². The van der Waals surface area contributed by atoms with Gasteiger partial charge >= 0.3 is 17.9 Å². The van der Waals surface area contributed by atoms with Gasteiger partial charge in [0, 0.05) is 124 Å². The minimum absolute atomic E-state index is 0.000655. The van der Waals surface area contributed by atoms with Crippen LogP contribution in [-0.2, 0) is 34.0 Å². The van der Waals surface area contributed by atoms with E-state index in [1.54, 1.807) is 61.7 Å². The first-order valence-electron chi connectivity index (χ1n) is 26.3. The fourth-order valence-corrected chi connectivity index (χ4v) is 8.72. The molecule has 19 heteroatoms. The molecule has 0 unspecified atom stereocenters. The van der Waals surface area contributed by atoms with Gasteiger partial charge in [-0.25, -0.2) is 29.3 Å². The van der Waals surface area contributed by atoms with Gasteiger partial charge in [-0.15, -0.1) is 0 Å². The monoisotopic (exact) mass is 1100 g/mol. The summed E-state index contributed by atoms with van der Waals surface area (Å²) in [5.74, 6) is 15.2. The van der Waals surface area contributed by atoms with Crippen LogP contribution in [0.5, 0.6) is 11.5 Å². The first-order chi connectivity index (χ1) is 39.6. The minimum Gasteiger partial charge on any atom is -0.497 e. The third-order valence-electron chi connectivity index (χ3n) is 13.1. The van der Waals surface area contributed by atoms with Crippen LogP contribution in [0, 0.1) is 42.4 Å². The van der Waals surface area contributed by atoms with Gasteiger partial charge in [0.2, 0.25) is 5.91 Å². The van der Waals surface area contributed by atoms with Crippen molar-refractivity contribution in [2.24, 2.45) is 0 Å². The van der Waals surface area contributed by atoms with Crippen molar-refractivity contribution in [1.29, 1.82) is 0 Å². The first-order valence-corrected chi connectivity index (χ1v) is 26.3. The van der Waals surface area contributed by atoms with Gasteiger partial charge in [0.1, 0.15) is 28.6 Å². The molecule has 0 radical (unpaired) electrons. The van der Waals surface area contributed by atoms with Crippen LogP contribution in [0.25, 0.3) is 0 Å². The Hall–Kier alpha value is -9.97. The van der Waals surface area contributed by atoms with Crippen LogP contribution in [0.4, 0.5) is 0 Å². The van der Waals surface area contributed by atoms with Crippen molar-refractivity contribution in [2.45, 2.75) is 39.4 Å². The zero-order valence-electron chi connectivity index (χ0n) is 45.2. The van der Waals surface area contributed by atoms with Crippen molar-refractivity contribution in [3.05, 3.63) is 194 Å². The van der Waals surface area contributed by atoms with Crippen LogP contribution in [0.3, 0.4) is 0 Å². The summed E-state index contributed by atoms with van der Waals surface area (Å²) in [6.45, 7) is 6.43. The highest BCUT2D eigenvalue weighted by Crippen LogP contribution is 2.18. The molecule has 8 rings (SSSR count). The van der Waals surface area contributed by atoms with Gasteiger partial charge in [0.15, 0.2) is 0 Å². The van der Waals surface area contributed by atoms with Gasteiger partial charge in [-0.1, -0.05) is 53.2 Å².